The fourth-order valence-corrected chi connectivity index (χ4v) is 4.82. The van der Waals surface area contributed by atoms with Gasteiger partial charge in [0.2, 0.25) is 0 Å². The van der Waals surface area contributed by atoms with E-state index >= 15 is 0 Å². The van der Waals surface area contributed by atoms with Gasteiger partial charge in [-0.15, -0.1) is 0 Å². The van der Waals surface area contributed by atoms with Gasteiger partial charge in [-0.3, -0.25) is 0 Å². The van der Waals surface area contributed by atoms with Crippen molar-refractivity contribution in [1.82, 2.24) is 0 Å². The number of nitrogens with zero attached hydrogens (tertiary/aromatic N) is 1. The second kappa shape index (κ2) is 4.55. The van der Waals surface area contributed by atoms with Crippen LogP contribution in [0.2, 0.25) is 0 Å². The largest absolute Gasteiger partial charge is 0.370 e. The maximum atomic E-state index is 12.6. The van der Waals surface area contributed by atoms with Crippen LogP contribution in [0.1, 0.15) is 18.9 Å². The molecule has 0 bridgehead atoms. The van der Waals surface area contributed by atoms with Crippen molar-refractivity contribution in [2.75, 3.05) is 18.5 Å². The Kier molecular flexibility index (Phi) is 3.38. The summed E-state index contributed by atoms with van der Waals surface area (Å²) in [5.41, 5.74) is 7.42. The Morgan fingerprint density at radius 1 is 1.39 bits per heavy atom. The van der Waals surface area contributed by atoms with Crippen molar-refractivity contribution < 1.29 is 8.42 Å². The van der Waals surface area contributed by atoms with Gasteiger partial charge in [-0.1, -0.05) is 6.07 Å². The standard InChI is InChI=1S/C13H20N2O2S/c1-9-4-5-13-11(8-9)15(3)10(2)12(6-7-14)18(13,16)17/h4-5,8,10,12H,6-7,14H2,1-3H3. The number of hydrogen-bond acceptors (Lipinski definition) is 4. The number of fused-ring (bicyclic) bond motifs is 1. The summed E-state index contributed by atoms with van der Waals surface area (Å²) in [6, 6.07) is 5.45. The zero-order valence-corrected chi connectivity index (χ0v) is 11.9. The summed E-state index contributed by atoms with van der Waals surface area (Å²) < 4.78 is 25.2. The number of hydrogen-bond donors (Lipinski definition) is 1. The molecule has 0 radical (unpaired) electrons. The lowest BCUT2D eigenvalue weighted by Crippen LogP contribution is -2.48. The van der Waals surface area contributed by atoms with E-state index in [0.29, 0.717) is 17.9 Å². The van der Waals surface area contributed by atoms with E-state index in [1.54, 1.807) is 6.07 Å². The molecule has 2 unspecified atom stereocenters. The summed E-state index contributed by atoms with van der Waals surface area (Å²) in [6.07, 6.45) is 0.501. The summed E-state index contributed by atoms with van der Waals surface area (Å²) >= 11 is 0. The van der Waals surface area contributed by atoms with Crippen LogP contribution in [0.3, 0.4) is 0 Å². The van der Waals surface area contributed by atoms with Gasteiger partial charge in [-0.25, -0.2) is 8.42 Å². The van der Waals surface area contributed by atoms with E-state index in [1.165, 1.54) is 0 Å². The van der Waals surface area contributed by atoms with Gasteiger partial charge in [0.15, 0.2) is 9.84 Å². The third-order valence-electron chi connectivity index (χ3n) is 3.80. The summed E-state index contributed by atoms with van der Waals surface area (Å²) in [6.45, 7) is 4.31. The van der Waals surface area contributed by atoms with E-state index in [0.717, 1.165) is 11.3 Å². The predicted octanol–water partition coefficient (Wildman–Crippen LogP) is 1.32. The van der Waals surface area contributed by atoms with Gasteiger partial charge < -0.3 is 10.6 Å². The van der Waals surface area contributed by atoms with Crippen LogP contribution in [0.4, 0.5) is 5.69 Å². The minimum Gasteiger partial charge on any atom is -0.370 e. The van der Waals surface area contributed by atoms with Gasteiger partial charge in [0.1, 0.15) is 0 Å². The molecule has 100 valence electrons. The number of nitrogens with two attached hydrogens (primary N) is 1. The Hall–Kier alpha value is -1.07. The summed E-state index contributed by atoms with van der Waals surface area (Å²) in [4.78, 5) is 2.48. The Morgan fingerprint density at radius 2 is 2.06 bits per heavy atom. The molecule has 2 N–H and O–H groups in total. The molecular formula is C13H20N2O2S. The van der Waals surface area contributed by atoms with Crippen molar-refractivity contribution >= 4 is 15.5 Å². The molecule has 18 heavy (non-hydrogen) atoms. The van der Waals surface area contributed by atoms with Crippen LogP contribution in [0, 0.1) is 6.92 Å². The molecule has 1 aromatic carbocycles. The topological polar surface area (TPSA) is 63.4 Å². The van der Waals surface area contributed by atoms with Gasteiger partial charge in [-0.2, -0.15) is 0 Å². The first-order chi connectivity index (χ1) is 8.39. The molecule has 0 fully saturated rings. The molecule has 0 spiro atoms. The molecule has 0 saturated carbocycles. The molecular weight excluding hydrogens is 248 g/mol. The minimum atomic E-state index is -3.27. The van der Waals surface area contributed by atoms with Crippen molar-refractivity contribution in [1.29, 1.82) is 0 Å². The highest BCUT2D eigenvalue weighted by atomic mass is 32.2. The Morgan fingerprint density at radius 3 is 2.67 bits per heavy atom. The number of sulfone groups is 1. The SMILES string of the molecule is Cc1ccc2c(c1)N(C)C(C)C(CCN)S2(=O)=O. The van der Waals surface area contributed by atoms with Crippen molar-refractivity contribution in [2.24, 2.45) is 5.73 Å². The van der Waals surface area contributed by atoms with E-state index in [4.69, 9.17) is 5.73 Å². The molecule has 0 aliphatic carbocycles. The van der Waals surface area contributed by atoms with Crippen LogP contribution in [0.15, 0.2) is 23.1 Å². The molecule has 5 heteroatoms. The lowest BCUT2D eigenvalue weighted by Gasteiger charge is -2.39. The first-order valence-electron chi connectivity index (χ1n) is 6.17. The first-order valence-corrected chi connectivity index (χ1v) is 7.71. The molecule has 1 aliphatic rings. The molecule has 1 aromatic rings. The number of rotatable bonds is 2. The molecule has 4 nitrogen and oxygen atoms in total. The number of anilines is 1. The van der Waals surface area contributed by atoms with Gasteiger partial charge in [0.05, 0.1) is 15.8 Å². The Bertz CT molecular complexity index is 554. The second-order valence-electron chi connectivity index (χ2n) is 4.98. The first kappa shape index (κ1) is 13.4. The van der Waals surface area contributed by atoms with Crippen LogP contribution in [0.25, 0.3) is 0 Å². The molecule has 0 saturated heterocycles. The second-order valence-corrected chi connectivity index (χ2v) is 7.12. The van der Waals surface area contributed by atoms with Crippen molar-refractivity contribution in [3.63, 3.8) is 0 Å². The highest BCUT2D eigenvalue weighted by Gasteiger charge is 2.40. The van der Waals surface area contributed by atoms with Crippen LogP contribution >= 0.6 is 0 Å². The van der Waals surface area contributed by atoms with E-state index in [1.807, 2.05) is 37.9 Å². The predicted molar refractivity (Wildman–Crippen MR) is 73.7 cm³/mol. The fourth-order valence-electron chi connectivity index (χ4n) is 2.60. The van der Waals surface area contributed by atoms with Crippen molar-refractivity contribution in [2.45, 2.75) is 36.5 Å². The van der Waals surface area contributed by atoms with E-state index in [-0.39, 0.29) is 6.04 Å². The third kappa shape index (κ3) is 1.91. The zero-order chi connectivity index (χ0) is 13.5. The molecule has 1 aliphatic heterocycles. The number of aryl methyl sites for hydroxylation is 1. The van der Waals surface area contributed by atoms with E-state index in [2.05, 4.69) is 0 Å². The van der Waals surface area contributed by atoms with E-state index in [9.17, 15) is 8.42 Å². The number of benzene rings is 1. The summed E-state index contributed by atoms with van der Waals surface area (Å²) in [5, 5.41) is -0.414. The minimum absolute atomic E-state index is 0.0483. The average molecular weight is 268 g/mol. The maximum absolute atomic E-state index is 12.6. The molecule has 2 rings (SSSR count). The summed E-state index contributed by atoms with van der Waals surface area (Å²) in [7, 11) is -1.32. The highest BCUT2D eigenvalue weighted by Crippen LogP contribution is 2.37. The van der Waals surface area contributed by atoms with Crippen molar-refractivity contribution in [3.8, 4) is 0 Å². The maximum Gasteiger partial charge on any atom is 0.185 e. The lowest BCUT2D eigenvalue weighted by molar-refractivity contribution is 0.524. The monoisotopic (exact) mass is 268 g/mol. The summed E-state index contributed by atoms with van der Waals surface area (Å²) in [5.74, 6) is 0. The average Bonchev–Trinajstić information content (AvgIpc) is 2.32. The zero-order valence-electron chi connectivity index (χ0n) is 11.1. The van der Waals surface area contributed by atoms with Crippen LogP contribution in [0.5, 0.6) is 0 Å². The van der Waals surface area contributed by atoms with E-state index < -0.39 is 15.1 Å². The lowest BCUT2D eigenvalue weighted by atomic mass is 10.1. The Labute approximate surface area is 109 Å². The Balaban J connectivity index is 2.62. The van der Waals surface area contributed by atoms with Gasteiger partial charge >= 0.3 is 0 Å². The third-order valence-corrected chi connectivity index (χ3v) is 6.18. The van der Waals surface area contributed by atoms with Crippen LogP contribution in [-0.2, 0) is 9.84 Å². The molecule has 2 atom stereocenters. The van der Waals surface area contributed by atoms with Crippen molar-refractivity contribution in [3.05, 3.63) is 23.8 Å². The van der Waals surface area contributed by atoms with Gasteiger partial charge in [-0.05, 0) is 44.5 Å². The van der Waals surface area contributed by atoms with Gasteiger partial charge in [0, 0.05) is 13.1 Å². The normalized spacial score (nSPS) is 25.9. The fraction of sp³-hybridized carbons (Fsp3) is 0.538. The molecule has 0 aromatic heterocycles. The van der Waals surface area contributed by atoms with Crippen LogP contribution < -0.4 is 10.6 Å². The quantitative estimate of drug-likeness (QED) is 0.879. The smallest absolute Gasteiger partial charge is 0.185 e. The molecule has 1 heterocycles. The van der Waals surface area contributed by atoms with Crippen LogP contribution in [-0.4, -0.2) is 33.3 Å². The highest BCUT2D eigenvalue weighted by molar-refractivity contribution is 7.92. The molecule has 0 amide bonds. The van der Waals surface area contributed by atoms with Gasteiger partial charge in [0.25, 0.3) is 0 Å².